The maximum atomic E-state index is 10.9. The van der Waals surface area contributed by atoms with Crippen LogP contribution in [0.1, 0.15) is 24.1 Å². The van der Waals surface area contributed by atoms with Gasteiger partial charge in [-0.1, -0.05) is 30.3 Å². The summed E-state index contributed by atoms with van der Waals surface area (Å²) in [6.45, 7) is 1.80. The highest BCUT2D eigenvalue weighted by atomic mass is 16.6. The lowest BCUT2D eigenvalue weighted by atomic mass is 10.1. The lowest BCUT2D eigenvalue weighted by Crippen LogP contribution is -1.97. The standard InChI is InChI=1S/C15H13N3O5/c1-10(11-5-3-2-4-6-11)16-9-12-7-13(17(20)21)8-14(15(12)19)18(22)23/h2-10,19H,1H3/t10-/m1/s1. The molecule has 2 aromatic rings. The normalized spacial score (nSPS) is 12.2. The van der Waals surface area contributed by atoms with Crippen molar-refractivity contribution in [2.24, 2.45) is 4.99 Å². The molecule has 0 heterocycles. The van der Waals surface area contributed by atoms with Gasteiger partial charge in [0, 0.05) is 17.8 Å². The van der Waals surface area contributed by atoms with Gasteiger partial charge in [0.05, 0.1) is 22.0 Å². The van der Waals surface area contributed by atoms with Gasteiger partial charge in [0.25, 0.3) is 5.69 Å². The summed E-state index contributed by atoms with van der Waals surface area (Å²) in [4.78, 5) is 24.3. The maximum Gasteiger partial charge on any atom is 0.318 e. The fraction of sp³-hybridized carbons (Fsp3) is 0.133. The second kappa shape index (κ2) is 6.65. The van der Waals surface area contributed by atoms with Crippen LogP contribution in [0.15, 0.2) is 47.5 Å². The number of aliphatic imine (C=N–C) groups is 1. The molecule has 0 spiro atoms. The van der Waals surface area contributed by atoms with E-state index in [4.69, 9.17) is 0 Å². The van der Waals surface area contributed by atoms with Crippen molar-refractivity contribution in [3.63, 3.8) is 0 Å². The van der Waals surface area contributed by atoms with Gasteiger partial charge in [-0.05, 0) is 12.5 Å². The molecule has 8 heteroatoms. The minimum Gasteiger partial charge on any atom is -0.502 e. The highest BCUT2D eigenvalue weighted by molar-refractivity contribution is 5.87. The molecule has 0 saturated carbocycles. The zero-order valence-corrected chi connectivity index (χ0v) is 12.1. The van der Waals surface area contributed by atoms with Crippen LogP contribution in [0, 0.1) is 20.2 Å². The summed E-state index contributed by atoms with van der Waals surface area (Å²) in [5, 5.41) is 31.6. The number of aromatic hydroxyl groups is 1. The first kappa shape index (κ1) is 16.1. The molecule has 0 aliphatic rings. The topological polar surface area (TPSA) is 119 Å². The number of non-ortho nitro benzene ring substituents is 1. The second-order valence-electron chi connectivity index (χ2n) is 4.78. The fourth-order valence-corrected chi connectivity index (χ4v) is 1.98. The Morgan fingerprint density at radius 1 is 1.13 bits per heavy atom. The molecule has 0 radical (unpaired) electrons. The van der Waals surface area contributed by atoms with Crippen molar-refractivity contribution in [1.29, 1.82) is 0 Å². The lowest BCUT2D eigenvalue weighted by Gasteiger charge is -2.06. The van der Waals surface area contributed by atoms with E-state index >= 15 is 0 Å². The number of hydrogen-bond donors (Lipinski definition) is 1. The van der Waals surface area contributed by atoms with Gasteiger partial charge in [0.15, 0.2) is 0 Å². The minimum absolute atomic E-state index is 0.0753. The smallest absolute Gasteiger partial charge is 0.318 e. The minimum atomic E-state index is -0.875. The Hall–Kier alpha value is -3.29. The van der Waals surface area contributed by atoms with Crippen LogP contribution in [0.2, 0.25) is 0 Å². The van der Waals surface area contributed by atoms with Crippen LogP contribution >= 0.6 is 0 Å². The molecule has 23 heavy (non-hydrogen) atoms. The van der Waals surface area contributed by atoms with Crippen molar-refractivity contribution in [3.8, 4) is 5.75 Å². The summed E-state index contributed by atoms with van der Waals surface area (Å²) in [7, 11) is 0. The van der Waals surface area contributed by atoms with Crippen molar-refractivity contribution >= 4 is 17.6 Å². The highest BCUT2D eigenvalue weighted by Gasteiger charge is 2.23. The number of nitrogens with zero attached hydrogens (tertiary/aromatic N) is 3. The van der Waals surface area contributed by atoms with Crippen LogP contribution in [0.3, 0.4) is 0 Å². The monoisotopic (exact) mass is 315 g/mol. The van der Waals surface area contributed by atoms with Crippen LogP contribution in [0.5, 0.6) is 5.75 Å². The first-order chi connectivity index (χ1) is 10.9. The summed E-state index contributed by atoms with van der Waals surface area (Å²) < 4.78 is 0. The maximum absolute atomic E-state index is 10.9. The van der Waals surface area contributed by atoms with Gasteiger partial charge < -0.3 is 5.11 Å². The van der Waals surface area contributed by atoms with Gasteiger partial charge in [-0.15, -0.1) is 0 Å². The molecule has 118 valence electrons. The molecular weight excluding hydrogens is 302 g/mol. The molecule has 2 aromatic carbocycles. The van der Waals surface area contributed by atoms with E-state index in [1.54, 1.807) is 6.92 Å². The summed E-state index contributed by atoms with van der Waals surface area (Å²) in [5.41, 5.74) is -0.381. The Balaban J connectivity index is 2.40. The predicted molar refractivity (Wildman–Crippen MR) is 83.9 cm³/mol. The average molecular weight is 315 g/mol. The Morgan fingerprint density at radius 3 is 2.35 bits per heavy atom. The number of nitro groups is 2. The first-order valence-electron chi connectivity index (χ1n) is 6.64. The van der Waals surface area contributed by atoms with Crippen LogP contribution < -0.4 is 0 Å². The molecule has 2 rings (SSSR count). The average Bonchev–Trinajstić information content (AvgIpc) is 2.53. The molecule has 0 amide bonds. The third kappa shape index (κ3) is 3.67. The van der Waals surface area contributed by atoms with Crippen molar-refractivity contribution in [3.05, 3.63) is 73.8 Å². The van der Waals surface area contributed by atoms with Crippen molar-refractivity contribution in [2.45, 2.75) is 13.0 Å². The van der Waals surface area contributed by atoms with Crippen LogP contribution in [0.4, 0.5) is 11.4 Å². The third-order valence-electron chi connectivity index (χ3n) is 3.23. The van der Waals surface area contributed by atoms with Gasteiger partial charge in [0.1, 0.15) is 0 Å². The molecule has 0 aliphatic heterocycles. The van der Waals surface area contributed by atoms with E-state index in [0.29, 0.717) is 6.07 Å². The Morgan fingerprint density at radius 2 is 1.78 bits per heavy atom. The van der Waals surface area contributed by atoms with Crippen LogP contribution in [-0.2, 0) is 0 Å². The van der Waals surface area contributed by atoms with Gasteiger partial charge in [-0.3, -0.25) is 25.2 Å². The Labute approximate surface area is 131 Å². The number of benzene rings is 2. The second-order valence-corrected chi connectivity index (χ2v) is 4.78. The molecule has 1 N–H and O–H groups in total. The molecule has 0 aliphatic carbocycles. The summed E-state index contributed by atoms with van der Waals surface area (Å²) >= 11 is 0. The molecule has 0 unspecified atom stereocenters. The third-order valence-corrected chi connectivity index (χ3v) is 3.23. The van der Waals surface area contributed by atoms with Gasteiger partial charge >= 0.3 is 5.69 Å². The number of rotatable bonds is 5. The molecule has 0 saturated heterocycles. The summed E-state index contributed by atoms with van der Waals surface area (Å²) in [6.07, 6.45) is 1.20. The summed E-state index contributed by atoms with van der Waals surface area (Å²) in [6, 6.07) is 10.8. The highest BCUT2D eigenvalue weighted by Crippen LogP contribution is 2.33. The quantitative estimate of drug-likeness (QED) is 0.515. The van der Waals surface area contributed by atoms with Crippen LogP contribution in [0.25, 0.3) is 0 Å². The van der Waals surface area contributed by atoms with Gasteiger partial charge in [0.2, 0.25) is 5.75 Å². The molecule has 0 bridgehead atoms. The number of nitro benzene ring substituents is 2. The van der Waals surface area contributed by atoms with E-state index in [2.05, 4.69) is 4.99 Å². The van der Waals surface area contributed by atoms with E-state index in [1.165, 1.54) is 6.21 Å². The number of phenolic OH excluding ortho intramolecular Hbond substituents is 1. The van der Waals surface area contributed by atoms with E-state index in [-0.39, 0.29) is 11.6 Å². The van der Waals surface area contributed by atoms with E-state index in [0.717, 1.165) is 11.6 Å². The molecule has 8 nitrogen and oxygen atoms in total. The SMILES string of the molecule is C[C@@H](N=Cc1cc([N+](=O)[O-])cc([N+](=O)[O-])c1O)c1ccccc1. The van der Waals surface area contributed by atoms with Crippen molar-refractivity contribution in [1.82, 2.24) is 0 Å². The predicted octanol–water partition coefficient (Wildman–Crippen LogP) is 3.39. The molecule has 0 aromatic heterocycles. The van der Waals surface area contributed by atoms with Crippen molar-refractivity contribution < 1.29 is 15.0 Å². The van der Waals surface area contributed by atoms with Crippen LogP contribution in [-0.4, -0.2) is 21.2 Å². The zero-order valence-electron chi connectivity index (χ0n) is 12.1. The zero-order chi connectivity index (χ0) is 17.0. The Bertz CT molecular complexity index is 774. The largest absolute Gasteiger partial charge is 0.502 e. The van der Waals surface area contributed by atoms with E-state index < -0.39 is 27.0 Å². The number of hydrogen-bond acceptors (Lipinski definition) is 6. The van der Waals surface area contributed by atoms with Gasteiger partial charge in [-0.2, -0.15) is 0 Å². The van der Waals surface area contributed by atoms with E-state index in [1.807, 2.05) is 30.3 Å². The van der Waals surface area contributed by atoms with Crippen molar-refractivity contribution in [2.75, 3.05) is 0 Å². The Kier molecular flexibility index (Phi) is 4.65. The fourth-order valence-electron chi connectivity index (χ4n) is 1.98. The molecular formula is C15H13N3O5. The molecule has 0 fully saturated rings. The lowest BCUT2D eigenvalue weighted by molar-refractivity contribution is -0.394. The van der Waals surface area contributed by atoms with Gasteiger partial charge in [-0.25, -0.2) is 0 Å². The van der Waals surface area contributed by atoms with E-state index in [9.17, 15) is 25.3 Å². The first-order valence-corrected chi connectivity index (χ1v) is 6.64. The summed E-state index contributed by atoms with van der Waals surface area (Å²) in [5.74, 6) is -0.649. The molecule has 1 atom stereocenters. The number of phenols is 1.